The van der Waals surface area contributed by atoms with Crippen LogP contribution in [0.1, 0.15) is 17.3 Å². The van der Waals surface area contributed by atoms with E-state index in [1.54, 1.807) is 0 Å². The molecule has 0 atom stereocenters. The summed E-state index contributed by atoms with van der Waals surface area (Å²) >= 11 is 0. The number of hydrogen-bond donors (Lipinski definition) is 0. The van der Waals surface area contributed by atoms with E-state index < -0.39 is 11.2 Å². The number of carbonyl (C=O) groups excluding carboxylic acids is 1. The highest BCUT2D eigenvalue weighted by Crippen LogP contribution is 1.91. The van der Waals surface area contributed by atoms with Gasteiger partial charge in [0.1, 0.15) is 0 Å². The molecule has 1 aromatic heterocycles. The summed E-state index contributed by atoms with van der Waals surface area (Å²) in [6.07, 6.45) is 2.80. The van der Waals surface area contributed by atoms with E-state index in [4.69, 9.17) is 0 Å². The van der Waals surface area contributed by atoms with Gasteiger partial charge in [-0.05, 0) is 6.92 Å². The van der Waals surface area contributed by atoms with Crippen molar-refractivity contribution in [3.63, 3.8) is 0 Å². The molecule has 0 aromatic carbocycles. The normalized spacial score (nSPS) is 10.0. The molecule has 0 aliphatic heterocycles. The molecule has 0 spiro atoms. The van der Waals surface area contributed by atoms with E-state index in [1.165, 1.54) is 30.8 Å². The van der Waals surface area contributed by atoms with Crippen LogP contribution in [0.4, 0.5) is 0 Å². The van der Waals surface area contributed by atoms with Gasteiger partial charge in [-0.25, -0.2) is 4.79 Å². The summed E-state index contributed by atoms with van der Waals surface area (Å²) in [6.45, 7) is 5.05. The highest BCUT2D eigenvalue weighted by Gasteiger charge is 2.11. The monoisotopic (exact) mass is 208 g/mol. The second kappa shape index (κ2) is 4.08. The second-order valence-electron chi connectivity index (χ2n) is 3.19. The maximum Gasteiger partial charge on any atom is 0.331 e. The number of Topliss-reactive ketones (excluding diaryl/α,β-unsaturated/α-hetero) is 1. The first-order chi connectivity index (χ1) is 6.99. The number of nitrogens with zero attached hydrogens (tertiary/aromatic N) is 2. The number of rotatable bonds is 3. The predicted octanol–water partition coefficient (Wildman–Crippen LogP) is -0.0644. The molecule has 5 nitrogen and oxygen atoms in total. The maximum absolute atomic E-state index is 11.5. The number of ketones is 1. The molecule has 0 saturated carbocycles. The molecule has 80 valence electrons. The molecule has 5 heteroatoms. The second-order valence-corrected chi connectivity index (χ2v) is 3.19. The quantitative estimate of drug-likeness (QED) is 0.516. The van der Waals surface area contributed by atoms with Crippen LogP contribution in [0.2, 0.25) is 0 Å². The zero-order valence-electron chi connectivity index (χ0n) is 8.69. The van der Waals surface area contributed by atoms with Gasteiger partial charge in [-0.15, -0.1) is 6.58 Å². The molecule has 0 aliphatic rings. The van der Waals surface area contributed by atoms with E-state index in [9.17, 15) is 14.4 Å². The van der Waals surface area contributed by atoms with Crippen LogP contribution in [0.25, 0.3) is 0 Å². The number of hydrogen-bond acceptors (Lipinski definition) is 3. The SMILES string of the molecule is C=CCn1cc(C(C)=O)c(=O)n(C)c1=O. The Morgan fingerprint density at radius 3 is 2.60 bits per heavy atom. The first kappa shape index (κ1) is 11.2. The molecule has 0 N–H and O–H groups in total. The Hall–Kier alpha value is -1.91. The van der Waals surface area contributed by atoms with Gasteiger partial charge in [0.2, 0.25) is 0 Å². The molecule has 1 aromatic rings. The zero-order chi connectivity index (χ0) is 11.6. The van der Waals surface area contributed by atoms with Crippen molar-refractivity contribution in [2.45, 2.75) is 13.5 Å². The minimum absolute atomic E-state index is 0.0129. The van der Waals surface area contributed by atoms with Gasteiger partial charge in [0, 0.05) is 19.8 Å². The molecule has 0 radical (unpaired) electrons. The summed E-state index contributed by atoms with van der Waals surface area (Å²) < 4.78 is 2.19. The van der Waals surface area contributed by atoms with Crippen molar-refractivity contribution in [3.8, 4) is 0 Å². The lowest BCUT2D eigenvalue weighted by Crippen LogP contribution is -2.40. The van der Waals surface area contributed by atoms with Crippen molar-refractivity contribution >= 4 is 5.78 Å². The summed E-state index contributed by atoms with van der Waals surface area (Å²) in [5.74, 6) is -0.353. The molecular formula is C10H12N2O3. The van der Waals surface area contributed by atoms with Crippen molar-refractivity contribution < 1.29 is 4.79 Å². The van der Waals surface area contributed by atoms with Gasteiger partial charge in [0.15, 0.2) is 5.78 Å². The Kier molecular flexibility index (Phi) is 3.04. The smallest absolute Gasteiger partial charge is 0.296 e. The highest BCUT2D eigenvalue weighted by molar-refractivity contribution is 5.93. The van der Waals surface area contributed by atoms with Crippen molar-refractivity contribution in [2.24, 2.45) is 7.05 Å². The fourth-order valence-electron chi connectivity index (χ4n) is 1.24. The van der Waals surface area contributed by atoms with E-state index in [0.717, 1.165) is 4.57 Å². The molecule has 15 heavy (non-hydrogen) atoms. The molecule has 0 bridgehead atoms. The molecule has 0 saturated heterocycles. The van der Waals surface area contributed by atoms with Crippen LogP contribution >= 0.6 is 0 Å². The van der Waals surface area contributed by atoms with Gasteiger partial charge in [0.25, 0.3) is 5.56 Å². The molecule has 0 unspecified atom stereocenters. The fraction of sp³-hybridized carbons (Fsp3) is 0.300. The molecule has 1 heterocycles. The number of carbonyl (C=O) groups is 1. The molecule has 0 amide bonds. The van der Waals surface area contributed by atoms with Crippen molar-refractivity contribution in [1.82, 2.24) is 9.13 Å². The lowest BCUT2D eigenvalue weighted by molar-refractivity contribution is 0.101. The molecule has 0 aliphatic carbocycles. The first-order valence-electron chi connectivity index (χ1n) is 4.41. The Morgan fingerprint density at radius 1 is 1.53 bits per heavy atom. The summed E-state index contributed by atoms with van der Waals surface area (Å²) in [5.41, 5.74) is -1.00. The first-order valence-corrected chi connectivity index (χ1v) is 4.41. The third-order valence-corrected chi connectivity index (χ3v) is 2.06. The third kappa shape index (κ3) is 1.96. The highest BCUT2D eigenvalue weighted by atomic mass is 16.2. The number of aromatic nitrogens is 2. The average Bonchev–Trinajstić information content (AvgIpc) is 2.18. The van der Waals surface area contributed by atoms with Crippen LogP contribution in [0.15, 0.2) is 28.4 Å². The van der Waals surface area contributed by atoms with Crippen LogP contribution in [0.3, 0.4) is 0 Å². The average molecular weight is 208 g/mol. The van der Waals surface area contributed by atoms with Gasteiger partial charge in [-0.1, -0.05) is 6.08 Å². The third-order valence-electron chi connectivity index (χ3n) is 2.06. The summed E-state index contributed by atoms with van der Waals surface area (Å²) in [6, 6.07) is 0. The van der Waals surface area contributed by atoms with Crippen LogP contribution in [0.5, 0.6) is 0 Å². The minimum Gasteiger partial charge on any atom is -0.296 e. The Balaban J connectivity index is 3.59. The lowest BCUT2D eigenvalue weighted by atomic mass is 10.2. The molecule has 1 rings (SSSR count). The van der Waals surface area contributed by atoms with Crippen LogP contribution in [0, 0.1) is 0 Å². The van der Waals surface area contributed by atoms with Crippen LogP contribution in [-0.4, -0.2) is 14.9 Å². The minimum atomic E-state index is -0.562. The summed E-state index contributed by atoms with van der Waals surface area (Å²) in [4.78, 5) is 34.1. The van der Waals surface area contributed by atoms with E-state index in [2.05, 4.69) is 6.58 Å². The van der Waals surface area contributed by atoms with Crippen molar-refractivity contribution in [3.05, 3.63) is 45.3 Å². The molecular weight excluding hydrogens is 196 g/mol. The standard InChI is InChI=1S/C10H12N2O3/c1-4-5-12-6-8(7(2)13)9(14)11(3)10(12)15/h4,6H,1,5H2,2-3H3. The largest absolute Gasteiger partial charge is 0.331 e. The van der Waals surface area contributed by atoms with Crippen LogP contribution in [-0.2, 0) is 13.6 Å². The Bertz CT molecular complexity index is 522. The van der Waals surface area contributed by atoms with Crippen molar-refractivity contribution in [1.29, 1.82) is 0 Å². The van der Waals surface area contributed by atoms with Crippen LogP contribution < -0.4 is 11.2 Å². The number of allylic oxidation sites excluding steroid dienone is 1. The van der Waals surface area contributed by atoms with E-state index in [-0.39, 0.29) is 17.9 Å². The molecule has 0 fully saturated rings. The Labute approximate surface area is 86.3 Å². The van der Waals surface area contributed by atoms with E-state index >= 15 is 0 Å². The van der Waals surface area contributed by atoms with E-state index in [0.29, 0.717) is 0 Å². The zero-order valence-corrected chi connectivity index (χ0v) is 8.69. The van der Waals surface area contributed by atoms with Gasteiger partial charge in [-0.3, -0.25) is 18.7 Å². The van der Waals surface area contributed by atoms with Gasteiger partial charge in [0.05, 0.1) is 5.56 Å². The van der Waals surface area contributed by atoms with E-state index in [1.807, 2.05) is 0 Å². The maximum atomic E-state index is 11.5. The van der Waals surface area contributed by atoms with Gasteiger partial charge >= 0.3 is 5.69 Å². The summed E-state index contributed by atoms with van der Waals surface area (Å²) in [5, 5.41) is 0. The Morgan fingerprint density at radius 2 is 2.13 bits per heavy atom. The summed E-state index contributed by atoms with van der Waals surface area (Å²) in [7, 11) is 1.34. The fourth-order valence-corrected chi connectivity index (χ4v) is 1.24. The predicted molar refractivity (Wildman–Crippen MR) is 56.1 cm³/mol. The topological polar surface area (TPSA) is 61.1 Å². The van der Waals surface area contributed by atoms with Gasteiger partial charge in [-0.2, -0.15) is 0 Å². The van der Waals surface area contributed by atoms with Gasteiger partial charge < -0.3 is 0 Å². The van der Waals surface area contributed by atoms with Crippen molar-refractivity contribution in [2.75, 3.05) is 0 Å². The lowest BCUT2D eigenvalue weighted by Gasteiger charge is -2.06.